The molecule has 2 heterocycles. The smallest absolute Gasteiger partial charge is 0.243 e. The second kappa shape index (κ2) is 8.50. The molecule has 0 saturated carbocycles. The number of nitrogens with zero attached hydrogens (tertiary/aromatic N) is 4. The Morgan fingerprint density at radius 2 is 1.78 bits per heavy atom. The van der Waals surface area contributed by atoms with Crippen LogP contribution in [0.2, 0.25) is 0 Å². The molecule has 0 N–H and O–H groups in total. The third-order valence-electron chi connectivity index (χ3n) is 4.86. The number of aryl methyl sites for hydroxylation is 1. The summed E-state index contributed by atoms with van der Waals surface area (Å²) in [6.07, 6.45) is 1.79. The van der Waals surface area contributed by atoms with E-state index in [1.165, 1.54) is 0 Å². The predicted molar refractivity (Wildman–Crippen MR) is 103 cm³/mol. The first kappa shape index (κ1) is 20.0. The first-order chi connectivity index (χ1) is 12.9. The van der Waals surface area contributed by atoms with Crippen LogP contribution in [0.3, 0.4) is 0 Å². The van der Waals surface area contributed by atoms with E-state index in [2.05, 4.69) is 35.8 Å². The number of hydrogen-bond donors (Lipinski definition) is 0. The van der Waals surface area contributed by atoms with Crippen molar-refractivity contribution in [1.29, 1.82) is 0 Å². The maximum absolute atomic E-state index is 12.9. The third-order valence-corrected chi connectivity index (χ3v) is 6.77. The summed E-state index contributed by atoms with van der Waals surface area (Å²) < 4.78 is 32.6. The van der Waals surface area contributed by atoms with Crippen LogP contribution in [0.25, 0.3) is 0 Å². The first-order valence-electron chi connectivity index (χ1n) is 9.54. The van der Waals surface area contributed by atoms with E-state index < -0.39 is 10.0 Å². The SMILES string of the molecule is CCCc1noc(CN2CCN(S(=O)(=O)c3ccc(C(C)C)cc3)CC2)n1. The Morgan fingerprint density at radius 3 is 2.37 bits per heavy atom. The Balaban J connectivity index is 1.58. The standard InChI is InChI=1S/C19H28N4O3S/c1-4-5-18-20-19(26-21-18)14-22-10-12-23(13-11-22)27(24,25)17-8-6-16(7-9-17)15(2)3/h6-9,15H,4-5,10-14H2,1-3H3. The Labute approximate surface area is 161 Å². The van der Waals surface area contributed by atoms with Crippen LogP contribution in [0.5, 0.6) is 0 Å². The van der Waals surface area contributed by atoms with Gasteiger partial charge in [0.25, 0.3) is 0 Å². The van der Waals surface area contributed by atoms with Crippen LogP contribution in [-0.2, 0) is 23.0 Å². The normalized spacial score (nSPS) is 16.9. The van der Waals surface area contributed by atoms with Gasteiger partial charge < -0.3 is 4.52 Å². The number of aromatic nitrogens is 2. The fourth-order valence-corrected chi connectivity index (χ4v) is 4.59. The molecule has 3 rings (SSSR count). The molecule has 8 heteroatoms. The number of hydrogen-bond acceptors (Lipinski definition) is 6. The van der Waals surface area contributed by atoms with Crippen LogP contribution in [-0.4, -0.2) is 53.9 Å². The summed E-state index contributed by atoms with van der Waals surface area (Å²) in [6.45, 7) is 9.05. The highest BCUT2D eigenvalue weighted by molar-refractivity contribution is 7.89. The highest BCUT2D eigenvalue weighted by Gasteiger charge is 2.29. The van der Waals surface area contributed by atoms with E-state index in [0.717, 1.165) is 24.2 Å². The summed E-state index contributed by atoms with van der Waals surface area (Å²) in [6, 6.07) is 7.23. The van der Waals surface area contributed by atoms with Crippen LogP contribution in [0.15, 0.2) is 33.7 Å². The zero-order valence-electron chi connectivity index (χ0n) is 16.3. The quantitative estimate of drug-likeness (QED) is 0.721. The molecule has 0 spiro atoms. The summed E-state index contributed by atoms with van der Waals surface area (Å²) >= 11 is 0. The fourth-order valence-electron chi connectivity index (χ4n) is 3.17. The average molecular weight is 393 g/mol. The van der Waals surface area contributed by atoms with Crippen molar-refractivity contribution >= 4 is 10.0 Å². The van der Waals surface area contributed by atoms with Crippen molar-refractivity contribution in [1.82, 2.24) is 19.3 Å². The Bertz CT molecular complexity index is 838. The minimum atomic E-state index is -3.45. The molecular weight excluding hydrogens is 364 g/mol. The monoisotopic (exact) mass is 392 g/mol. The molecule has 0 amide bonds. The lowest BCUT2D eigenvalue weighted by molar-refractivity contribution is 0.163. The van der Waals surface area contributed by atoms with Gasteiger partial charge in [0.1, 0.15) is 0 Å². The fraction of sp³-hybridized carbons (Fsp3) is 0.579. The van der Waals surface area contributed by atoms with Crippen molar-refractivity contribution in [3.63, 3.8) is 0 Å². The van der Waals surface area contributed by atoms with E-state index in [0.29, 0.717) is 49.4 Å². The predicted octanol–water partition coefficient (Wildman–Crippen LogP) is 2.65. The van der Waals surface area contributed by atoms with Gasteiger partial charge in [-0.1, -0.05) is 38.1 Å². The number of benzene rings is 1. The van der Waals surface area contributed by atoms with E-state index in [1.54, 1.807) is 16.4 Å². The molecule has 0 aliphatic carbocycles. The van der Waals surface area contributed by atoms with E-state index in [4.69, 9.17) is 4.52 Å². The summed E-state index contributed by atoms with van der Waals surface area (Å²) in [5, 5.41) is 3.97. The molecule has 0 unspecified atom stereocenters. The van der Waals surface area contributed by atoms with Crippen molar-refractivity contribution in [3.8, 4) is 0 Å². The topological polar surface area (TPSA) is 79.5 Å². The maximum atomic E-state index is 12.9. The van der Waals surface area contributed by atoms with E-state index >= 15 is 0 Å². The second-order valence-corrected chi connectivity index (χ2v) is 9.20. The molecule has 1 aliphatic heterocycles. The molecule has 0 atom stereocenters. The van der Waals surface area contributed by atoms with Gasteiger partial charge in [-0.2, -0.15) is 9.29 Å². The molecule has 148 valence electrons. The number of rotatable bonds is 7. The molecule has 1 aromatic carbocycles. The summed E-state index contributed by atoms with van der Waals surface area (Å²) in [5.74, 6) is 1.71. The van der Waals surface area contributed by atoms with Crippen LogP contribution in [0.4, 0.5) is 0 Å². The Kier molecular flexibility index (Phi) is 6.29. The Morgan fingerprint density at radius 1 is 1.11 bits per heavy atom. The zero-order valence-corrected chi connectivity index (χ0v) is 17.1. The molecule has 2 aromatic rings. The highest BCUT2D eigenvalue weighted by atomic mass is 32.2. The van der Waals surface area contributed by atoms with Gasteiger partial charge in [0, 0.05) is 32.6 Å². The lowest BCUT2D eigenvalue weighted by atomic mass is 10.0. The lowest BCUT2D eigenvalue weighted by Gasteiger charge is -2.33. The van der Waals surface area contributed by atoms with Crippen LogP contribution in [0, 0.1) is 0 Å². The summed E-state index contributed by atoms with van der Waals surface area (Å²) in [4.78, 5) is 6.89. The third kappa shape index (κ3) is 4.75. The molecule has 0 bridgehead atoms. The molecule has 0 radical (unpaired) electrons. The summed E-state index contributed by atoms with van der Waals surface area (Å²) in [7, 11) is -3.45. The number of sulfonamides is 1. The van der Waals surface area contributed by atoms with Gasteiger partial charge >= 0.3 is 0 Å². The zero-order chi connectivity index (χ0) is 19.4. The van der Waals surface area contributed by atoms with Gasteiger partial charge in [-0.15, -0.1) is 0 Å². The molecular formula is C19H28N4O3S. The van der Waals surface area contributed by atoms with Crippen LogP contribution in [0.1, 0.15) is 50.4 Å². The molecule has 7 nitrogen and oxygen atoms in total. The highest BCUT2D eigenvalue weighted by Crippen LogP contribution is 2.21. The van der Waals surface area contributed by atoms with Crippen molar-refractivity contribution in [2.75, 3.05) is 26.2 Å². The van der Waals surface area contributed by atoms with Gasteiger partial charge in [-0.25, -0.2) is 8.42 Å². The second-order valence-electron chi connectivity index (χ2n) is 7.26. The van der Waals surface area contributed by atoms with Gasteiger partial charge in [-0.05, 0) is 30.0 Å². The molecule has 1 fully saturated rings. The van der Waals surface area contributed by atoms with Gasteiger partial charge in [0.2, 0.25) is 15.9 Å². The van der Waals surface area contributed by atoms with Crippen molar-refractivity contribution < 1.29 is 12.9 Å². The van der Waals surface area contributed by atoms with E-state index in [9.17, 15) is 8.42 Å². The maximum Gasteiger partial charge on any atom is 0.243 e. The summed E-state index contributed by atoms with van der Waals surface area (Å²) in [5.41, 5.74) is 1.14. The van der Waals surface area contributed by atoms with Gasteiger partial charge in [0.05, 0.1) is 11.4 Å². The van der Waals surface area contributed by atoms with Gasteiger partial charge in [-0.3, -0.25) is 4.90 Å². The van der Waals surface area contributed by atoms with Crippen molar-refractivity contribution in [3.05, 3.63) is 41.5 Å². The minimum absolute atomic E-state index is 0.362. The largest absolute Gasteiger partial charge is 0.338 e. The Hall–Kier alpha value is -1.77. The van der Waals surface area contributed by atoms with Gasteiger partial charge in [0.15, 0.2) is 5.82 Å². The van der Waals surface area contributed by atoms with Crippen LogP contribution < -0.4 is 0 Å². The molecule has 1 aliphatic rings. The van der Waals surface area contributed by atoms with Crippen molar-refractivity contribution in [2.24, 2.45) is 0 Å². The molecule has 1 saturated heterocycles. The lowest BCUT2D eigenvalue weighted by Crippen LogP contribution is -2.48. The van der Waals surface area contributed by atoms with Crippen LogP contribution >= 0.6 is 0 Å². The molecule has 27 heavy (non-hydrogen) atoms. The minimum Gasteiger partial charge on any atom is -0.338 e. The molecule has 1 aromatic heterocycles. The average Bonchev–Trinajstić information content (AvgIpc) is 3.09. The van der Waals surface area contributed by atoms with Crippen molar-refractivity contribution in [2.45, 2.75) is 51.0 Å². The first-order valence-corrected chi connectivity index (χ1v) is 11.0. The number of piperazine rings is 1. The van der Waals surface area contributed by atoms with E-state index in [1.807, 2.05) is 12.1 Å². The van der Waals surface area contributed by atoms with E-state index in [-0.39, 0.29) is 0 Å².